The van der Waals surface area contributed by atoms with Gasteiger partial charge < -0.3 is 10.1 Å². The number of nitrogens with zero attached hydrogens (tertiary/aromatic N) is 1. The van der Waals surface area contributed by atoms with E-state index in [0.717, 1.165) is 11.3 Å². The summed E-state index contributed by atoms with van der Waals surface area (Å²) in [6, 6.07) is 12.7. The van der Waals surface area contributed by atoms with E-state index >= 15 is 0 Å². The Hall–Kier alpha value is -2.09. The molecule has 1 amide bonds. The Kier molecular flexibility index (Phi) is 6.82. The highest BCUT2D eigenvalue weighted by atomic mass is 35.5. The zero-order chi connectivity index (χ0) is 21.0. The maximum Gasteiger partial charge on any atom is 0.243 e. The van der Waals surface area contributed by atoms with Crippen molar-refractivity contribution in [3.63, 3.8) is 0 Å². The van der Waals surface area contributed by atoms with Crippen LogP contribution < -0.4 is 10.1 Å². The summed E-state index contributed by atoms with van der Waals surface area (Å²) in [5, 5.41) is 3.34. The van der Waals surface area contributed by atoms with Gasteiger partial charge in [0.25, 0.3) is 0 Å². The summed E-state index contributed by atoms with van der Waals surface area (Å²) in [6.07, 6.45) is 1.13. The zero-order valence-electron chi connectivity index (χ0n) is 16.5. The molecule has 0 aromatic heterocycles. The predicted molar refractivity (Wildman–Crippen MR) is 113 cm³/mol. The number of ether oxygens (including phenoxy) is 1. The van der Waals surface area contributed by atoms with Crippen LogP contribution in [0, 0.1) is 6.92 Å². The molecule has 1 saturated heterocycles. The lowest BCUT2D eigenvalue weighted by Crippen LogP contribution is -2.49. The molecule has 2 atom stereocenters. The first kappa shape index (κ1) is 21.6. The van der Waals surface area contributed by atoms with Gasteiger partial charge in [-0.3, -0.25) is 4.79 Å². The molecule has 0 bridgehead atoms. The molecule has 0 saturated carbocycles. The Morgan fingerprint density at radius 3 is 2.52 bits per heavy atom. The highest BCUT2D eigenvalue weighted by molar-refractivity contribution is 7.89. The van der Waals surface area contributed by atoms with Gasteiger partial charge in [0.15, 0.2) is 0 Å². The van der Waals surface area contributed by atoms with Crippen molar-refractivity contribution in [2.75, 3.05) is 13.2 Å². The minimum atomic E-state index is -3.76. The summed E-state index contributed by atoms with van der Waals surface area (Å²) in [7, 11) is -3.76. The molecule has 29 heavy (non-hydrogen) atoms. The number of hydrogen-bond donors (Lipinski definition) is 1. The summed E-state index contributed by atoms with van der Waals surface area (Å²) in [5.41, 5.74) is 1.14. The summed E-state index contributed by atoms with van der Waals surface area (Å²) < 4.78 is 32.9. The van der Waals surface area contributed by atoms with Gasteiger partial charge in [0.05, 0.1) is 10.9 Å². The van der Waals surface area contributed by atoms with Gasteiger partial charge in [0, 0.05) is 11.6 Å². The minimum absolute atomic E-state index is 0.136. The first-order valence-electron chi connectivity index (χ1n) is 9.54. The second-order valence-corrected chi connectivity index (χ2v) is 9.59. The molecular formula is C21H25ClN2O4S. The number of carbonyl (C=O) groups is 1. The Bertz CT molecular complexity index is 946. The normalized spacial score (nSPS) is 18.4. The number of aryl methyl sites for hydroxylation is 1. The van der Waals surface area contributed by atoms with Crippen molar-refractivity contribution in [3.8, 4) is 5.75 Å². The van der Waals surface area contributed by atoms with Crippen molar-refractivity contribution in [1.82, 2.24) is 9.62 Å². The van der Waals surface area contributed by atoms with Crippen LogP contribution >= 0.6 is 11.6 Å². The fraction of sp³-hybridized carbons (Fsp3) is 0.381. The SMILES string of the molecule is Cc1ccc(OCC(C)NC(=O)C2CCCN2S(=O)(=O)c2ccc(Cl)cc2)cc1. The topological polar surface area (TPSA) is 75.7 Å². The lowest BCUT2D eigenvalue weighted by molar-refractivity contribution is -0.125. The number of amides is 1. The van der Waals surface area contributed by atoms with Crippen LogP contribution in [0.3, 0.4) is 0 Å². The van der Waals surface area contributed by atoms with Crippen molar-refractivity contribution < 1.29 is 17.9 Å². The van der Waals surface area contributed by atoms with Crippen LogP contribution in [-0.4, -0.2) is 43.9 Å². The number of halogens is 1. The van der Waals surface area contributed by atoms with Crippen molar-refractivity contribution >= 4 is 27.5 Å². The second kappa shape index (κ2) is 9.15. The zero-order valence-corrected chi connectivity index (χ0v) is 18.0. The molecule has 0 spiro atoms. The van der Waals surface area contributed by atoms with Crippen molar-refractivity contribution in [3.05, 3.63) is 59.1 Å². The largest absolute Gasteiger partial charge is 0.491 e. The molecule has 2 aromatic carbocycles. The van der Waals surface area contributed by atoms with E-state index in [0.29, 0.717) is 31.0 Å². The van der Waals surface area contributed by atoms with Gasteiger partial charge in [-0.1, -0.05) is 29.3 Å². The molecule has 6 nitrogen and oxygen atoms in total. The first-order valence-corrected chi connectivity index (χ1v) is 11.4. The first-order chi connectivity index (χ1) is 13.8. The van der Waals surface area contributed by atoms with Crippen molar-refractivity contribution in [2.24, 2.45) is 0 Å². The van der Waals surface area contributed by atoms with Gasteiger partial charge in [-0.15, -0.1) is 0 Å². The van der Waals surface area contributed by atoms with E-state index in [2.05, 4.69) is 5.32 Å². The number of hydrogen-bond acceptors (Lipinski definition) is 4. The lowest BCUT2D eigenvalue weighted by atomic mass is 10.2. The van der Waals surface area contributed by atoms with E-state index in [9.17, 15) is 13.2 Å². The molecule has 1 N–H and O–H groups in total. The lowest BCUT2D eigenvalue weighted by Gasteiger charge is -2.25. The second-order valence-electron chi connectivity index (χ2n) is 7.26. The van der Waals surface area contributed by atoms with Crippen LogP contribution in [-0.2, 0) is 14.8 Å². The van der Waals surface area contributed by atoms with Crippen molar-refractivity contribution in [2.45, 2.75) is 43.7 Å². The standard InChI is InChI=1S/C21H25ClN2O4S/c1-15-5-9-18(10-6-15)28-14-16(2)23-21(25)20-4-3-13-24(20)29(26,27)19-11-7-17(22)8-12-19/h5-12,16,20H,3-4,13-14H2,1-2H3,(H,23,25). The molecular weight excluding hydrogens is 412 g/mol. The summed E-state index contributed by atoms with van der Waals surface area (Å²) in [5.74, 6) is 0.421. The van der Waals surface area contributed by atoms with E-state index in [-0.39, 0.29) is 16.8 Å². The monoisotopic (exact) mass is 436 g/mol. The van der Waals surface area contributed by atoms with Crippen LogP contribution in [0.5, 0.6) is 5.75 Å². The van der Waals surface area contributed by atoms with Crippen molar-refractivity contribution in [1.29, 1.82) is 0 Å². The molecule has 1 fully saturated rings. The number of carbonyl (C=O) groups excluding carboxylic acids is 1. The quantitative estimate of drug-likeness (QED) is 0.721. The van der Waals surface area contributed by atoms with Crippen LogP contribution in [0.25, 0.3) is 0 Å². The van der Waals surface area contributed by atoms with Gasteiger partial charge in [-0.05, 0) is 63.1 Å². The molecule has 1 aliphatic rings. The minimum Gasteiger partial charge on any atom is -0.491 e. The Labute approximate surface area is 176 Å². The summed E-state index contributed by atoms with van der Waals surface area (Å²) >= 11 is 5.86. The molecule has 2 unspecified atom stereocenters. The fourth-order valence-corrected chi connectivity index (χ4v) is 5.05. The molecule has 0 radical (unpaired) electrons. The van der Waals surface area contributed by atoms with Crippen LogP contribution in [0.15, 0.2) is 53.4 Å². The smallest absolute Gasteiger partial charge is 0.243 e. The Balaban J connectivity index is 1.61. The third-order valence-electron chi connectivity index (χ3n) is 4.84. The van der Waals surface area contributed by atoms with Gasteiger partial charge in [-0.25, -0.2) is 8.42 Å². The van der Waals surface area contributed by atoms with Crippen LogP contribution in [0.4, 0.5) is 0 Å². The van der Waals surface area contributed by atoms with Gasteiger partial charge in [0.2, 0.25) is 15.9 Å². The van der Waals surface area contributed by atoms with Crippen LogP contribution in [0.1, 0.15) is 25.3 Å². The number of nitrogens with one attached hydrogen (secondary N) is 1. The van der Waals surface area contributed by atoms with Gasteiger partial charge >= 0.3 is 0 Å². The molecule has 3 rings (SSSR count). The average molecular weight is 437 g/mol. The molecule has 0 aliphatic carbocycles. The van der Waals surface area contributed by atoms with E-state index in [1.807, 2.05) is 38.1 Å². The number of sulfonamides is 1. The number of rotatable bonds is 7. The molecule has 2 aromatic rings. The molecule has 8 heteroatoms. The Morgan fingerprint density at radius 2 is 1.86 bits per heavy atom. The van der Waals surface area contributed by atoms with Crippen LogP contribution in [0.2, 0.25) is 5.02 Å². The third-order valence-corrected chi connectivity index (χ3v) is 7.01. The Morgan fingerprint density at radius 1 is 1.21 bits per heavy atom. The predicted octanol–water partition coefficient (Wildman–Crippen LogP) is 3.39. The highest BCUT2D eigenvalue weighted by Gasteiger charge is 2.39. The van der Waals surface area contributed by atoms with E-state index in [1.54, 1.807) is 0 Å². The molecule has 156 valence electrons. The highest BCUT2D eigenvalue weighted by Crippen LogP contribution is 2.27. The van der Waals surface area contributed by atoms with E-state index in [1.165, 1.54) is 28.6 Å². The average Bonchev–Trinajstić information content (AvgIpc) is 3.19. The summed E-state index contributed by atoms with van der Waals surface area (Å²) in [4.78, 5) is 12.9. The maximum absolute atomic E-state index is 13.0. The third kappa shape index (κ3) is 5.29. The maximum atomic E-state index is 13.0. The fourth-order valence-electron chi connectivity index (χ4n) is 3.27. The summed E-state index contributed by atoms with van der Waals surface area (Å²) in [6.45, 7) is 4.44. The molecule has 1 aliphatic heterocycles. The molecule has 1 heterocycles. The van der Waals surface area contributed by atoms with E-state index in [4.69, 9.17) is 16.3 Å². The van der Waals surface area contributed by atoms with E-state index < -0.39 is 16.1 Å². The number of benzene rings is 2. The van der Waals surface area contributed by atoms with Gasteiger partial charge in [0.1, 0.15) is 18.4 Å². The van der Waals surface area contributed by atoms with Gasteiger partial charge in [-0.2, -0.15) is 4.31 Å².